The first kappa shape index (κ1) is 19.2. The molecule has 136 valence electrons. The van der Waals surface area contributed by atoms with E-state index in [1.165, 1.54) is 0 Å². The Balaban J connectivity index is 2.17. The molecule has 0 radical (unpaired) electrons. The third-order valence-electron chi connectivity index (χ3n) is 3.37. The van der Waals surface area contributed by atoms with Gasteiger partial charge < -0.3 is 14.8 Å². The lowest BCUT2D eigenvalue weighted by molar-refractivity contribution is -0.145. The number of aryl methyl sites for hydroxylation is 1. The van der Waals surface area contributed by atoms with Crippen LogP contribution in [0.2, 0.25) is 0 Å². The van der Waals surface area contributed by atoms with Crippen LogP contribution in [0.5, 0.6) is 5.75 Å². The Hall–Kier alpha value is -3.15. The van der Waals surface area contributed by atoms with Crippen molar-refractivity contribution in [2.24, 2.45) is 0 Å². The van der Waals surface area contributed by atoms with Gasteiger partial charge in [0.2, 0.25) is 0 Å². The summed E-state index contributed by atoms with van der Waals surface area (Å²) in [5.74, 6) is 1.52. The number of rotatable bonds is 7. The molecule has 0 atom stereocenters. The van der Waals surface area contributed by atoms with Crippen molar-refractivity contribution in [1.29, 1.82) is 0 Å². The molecule has 0 bridgehead atoms. The highest BCUT2D eigenvalue weighted by molar-refractivity contribution is 5.71. The van der Waals surface area contributed by atoms with E-state index in [0.717, 1.165) is 10.9 Å². The van der Waals surface area contributed by atoms with Gasteiger partial charge in [-0.3, -0.25) is 0 Å². The molecule has 0 aliphatic carbocycles. The Morgan fingerprint density at radius 3 is 2.65 bits per heavy atom. The van der Waals surface area contributed by atoms with Crippen LogP contribution in [-0.4, -0.2) is 29.2 Å². The van der Waals surface area contributed by atoms with Crippen molar-refractivity contribution in [3.63, 3.8) is 0 Å². The van der Waals surface area contributed by atoms with Crippen molar-refractivity contribution in [3.8, 4) is 5.75 Å². The van der Waals surface area contributed by atoms with Crippen molar-refractivity contribution >= 4 is 30.1 Å². The minimum Gasteiger partial charge on any atom is -0.482 e. The summed E-state index contributed by atoms with van der Waals surface area (Å²) in [6, 6.07) is 7.24. The summed E-state index contributed by atoms with van der Waals surface area (Å²) in [4.78, 5) is 20.1. The summed E-state index contributed by atoms with van der Waals surface area (Å²) in [6.45, 7) is 9.73. The minimum atomic E-state index is -0.390. The highest BCUT2D eigenvalue weighted by Gasteiger charge is 2.05. The molecule has 0 amide bonds. The van der Waals surface area contributed by atoms with Crippen LogP contribution in [0.4, 0.5) is 11.5 Å². The molecule has 2 aromatic rings. The summed E-state index contributed by atoms with van der Waals surface area (Å²) in [6.07, 6.45) is 5.76. The van der Waals surface area contributed by atoms with Crippen LogP contribution in [0.15, 0.2) is 36.4 Å². The Morgan fingerprint density at radius 2 is 2.00 bits per heavy atom. The molecule has 6 nitrogen and oxygen atoms in total. The lowest BCUT2D eigenvalue weighted by Gasteiger charge is -2.09. The summed E-state index contributed by atoms with van der Waals surface area (Å²) >= 11 is 0. The van der Waals surface area contributed by atoms with E-state index >= 15 is 0 Å². The van der Waals surface area contributed by atoms with E-state index in [1.54, 1.807) is 19.1 Å². The average molecular weight is 353 g/mol. The predicted molar refractivity (Wildman–Crippen MR) is 103 cm³/mol. The van der Waals surface area contributed by atoms with Gasteiger partial charge >= 0.3 is 5.97 Å². The Bertz CT molecular complexity index is 890. The van der Waals surface area contributed by atoms with E-state index in [1.807, 2.05) is 44.2 Å². The maximum atomic E-state index is 11.3. The molecular formula is C20H23N3O3. The molecule has 1 N–H and O–H groups in total. The second-order valence-electron chi connectivity index (χ2n) is 5.42. The third kappa shape index (κ3) is 5.44. The molecule has 0 unspecified atom stereocenters. The predicted octanol–water partition coefficient (Wildman–Crippen LogP) is 2.24. The Labute approximate surface area is 152 Å². The molecule has 0 spiro atoms. The molecule has 0 aliphatic rings. The van der Waals surface area contributed by atoms with Gasteiger partial charge in [0, 0.05) is 10.9 Å². The van der Waals surface area contributed by atoms with Gasteiger partial charge in [0.1, 0.15) is 17.4 Å². The molecule has 0 aliphatic heterocycles. The number of aromatic nitrogens is 2. The summed E-state index contributed by atoms with van der Waals surface area (Å²) in [7, 11) is 0. The number of allylic oxidation sites excluding steroid dienone is 2. The van der Waals surface area contributed by atoms with Crippen molar-refractivity contribution < 1.29 is 14.3 Å². The van der Waals surface area contributed by atoms with Crippen molar-refractivity contribution in [1.82, 2.24) is 9.97 Å². The van der Waals surface area contributed by atoms with E-state index in [2.05, 4.69) is 21.9 Å². The number of anilines is 2. The van der Waals surface area contributed by atoms with E-state index in [9.17, 15) is 4.79 Å². The summed E-state index contributed by atoms with van der Waals surface area (Å²) in [5, 5.41) is 4.76. The van der Waals surface area contributed by atoms with Gasteiger partial charge in [-0.25, -0.2) is 14.8 Å². The molecule has 6 heteroatoms. The fourth-order valence-corrected chi connectivity index (χ4v) is 2.22. The van der Waals surface area contributed by atoms with Crippen molar-refractivity contribution in [3.05, 3.63) is 52.8 Å². The number of carbonyl (C=O) groups excluding carboxylic acids is 1. The molecule has 26 heavy (non-hydrogen) atoms. The maximum absolute atomic E-state index is 11.3. The number of nitrogens with zero attached hydrogens (tertiary/aromatic N) is 2. The van der Waals surface area contributed by atoms with E-state index < -0.39 is 5.97 Å². The van der Waals surface area contributed by atoms with E-state index in [4.69, 9.17) is 9.47 Å². The highest BCUT2D eigenvalue weighted by atomic mass is 16.6. The number of hydrogen-bond donors (Lipinski definition) is 1. The van der Waals surface area contributed by atoms with Crippen LogP contribution < -0.4 is 20.6 Å². The van der Waals surface area contributed by atoms with Gasteiger partial charge in [0.25, 0.3) is 0 Å². The molecule has 1 aromatic heterocycles. The molecule has 1 aromatic carbocycles. The van der Waals surface area contributed by atoms with Gasteiger partial charge in [0.05, 0.1) is 12.0 Å². The van der Waals surface area contributed by atoms with E-state index in [-0.39, 0.29) is 6.61 Å². The molecular weight excluding hydrogens is 330 g/mol. The Morgan fingerprint density at radius 1 is 1.27 bits per heavy atom. The number of hydrogen-bond acceptors (Lipinski definition) is 6. The lowest BCUT2D eigenvalue weighted by atomic mass is 10.2. The van der Waals surface area contributed by atoms with Crippen LogP contribution in [0, 0.1) is 6.92 Å². The standard InChI is InChI=1S/C20H23N3O3/c1-5-7-8-18-14(3)21-15(4)22-20(18)23-16-9-11-17(12-10-16)26-13-19(24)25-6-2/h5,7-12H,3,6,13H2,1-2,4H3,(H,21,22,23)/b7-5-,18-8+. The van der Waals surface area contributed by atoms with Crippen LogP contribution in [0.3, 0.4) is 0 Å². The number of ether oxygens (including phenoxy) is 2. The molecule has 2 rings (SSSR count). The van der Waals surface area contributed by atoms with Gasteiger partial charge in [-0.15, -0.1) is 0 Å². The first-order valence-corrected chi connectivity index (χ1v) is 8.35. The SMILES string of the molecule is C=c1nc(C)nc(Nc2ccc(OCC(=O)OCC)cc2)/c1=C/C=C\C. The van der Waals surface area contributed by atoms with Gasteiger partial charge in [-0.2, -0.15) is 0 Å². The Kier molecular flexibility index (Phi) is 6.91. The molecule has 0 saturated carbocycles. The number of nitrogens with one attached hydrogen (secondary N) is 1. The monoisotopic (exact) mass is 353 g/mol. The quantitative estimate of drug-likeness (QED) is 0.770. The second-order valence-corrected chi connectivity index (χ2v) is 5.42. The minimum absolute atomic E-state index is 0.112. The smallest absolute Gasteiger partial charge is 0.344 e. The zero-order valence-corrected chi connectivity index (χ0v) is 15.3. The van der Waals surface area contributed by atoms with Crippen LogP contribution in [0.1, 0.15) is 19.7 Å². The zero-order valence-electron chi connectivity index (χ0n) is 15.3. The van der Waals surface area contributed by atoms with Crippen molar-refractivity contribution in [2.75, 3.05) is 18.5 Å². The first-order valence-electron chi connectivity index (χ1n) is 8.35. The van der Waals surface area contributed by atoms with E-state index in [0.29, 0.717) is 29.3 Å². The average Bonchev–Trinajstić information content (AvgIpc) is 2.60. The topological polar surface area (TPSA) is 73.3 Å². The molecule has 1 heterocycles. The first-order chi connectivity index (χ1) is 12.5. The van der Waals surface area contributed by atoms with Crippen LogP contribution in [0.25, 0.3) is 12.7 Å². The van der Waals surface area contributed by atoms with Gasteiger partial charge in [-0.05, 0) is 51.1 Å². The fraction of sp³-hybridized carbons (Fsp3) is 0.250. The fourth-order valence-electron chi connectivity index (χ4n) is 2.22. The van der Waals surface area contributed by atoms with Crippen LogP contribution >= 0.6 is 0 Å². The summed E-state index contributed by atoms with van der Waals surface area (Å²) < 4.78 is 10.2. The molecule has 0 fully saturated rings. The second kappa shape index (κ2) is 9.36. The highest BCUT2D eigenvalue weighted by Crippen LogP contribution is 2.17. The maximum Gasteiger partial charge on any atom is 0.344 e. The number of benzene rings is 1. The van der Waals surface area contributed by atoms with Crippen LogP contribution in [-0.2, 0) is 9.53 Å². The zero-order chi connectivity index (χ0) is 18.9. The molecule has 0 saturated heterocycles. The summed E-state index contributed by atoms with van der Waals surface area (Å²) in [5.41, 5.74) is 0.834. The largest absolute Gasteiger partial charge is 0.482 e. The number of carbonyl (C=O) groups is 1. The van der Waals surface area contributed by atoms with Gasteiger partial charge in [-0.1, -0.05) is 18.7 Å². The number of esters is 1. The lowest BCUT2D eigenvalue weighted by Crippen LogP contribution is -2.31. The van der Waals surface area contributed by atoms with Gasteiger partial charge in [0.15, 0.2) is 6.61 Å². The third-order valence-corrected chi connectivity index (χ3v) is 3.37. The normalized spacial score (nSPS) is 11.6. The van der Waals surface area contributed by atoms with Crippen molar-refractivity contribution in [2.45, 2.75) is 20.8 Å².